The van der Waals surface area contributed by atoms with Gasteiger partial charge >= 0.3 is 6.18 Å². The van der Waals surface area contributed by atoms with Crippen LogP contribution < -0.4 is 0 Å². The third kappa shape index (κ3) is 3.52. The van der Waals surface area contributed by atoms with Gasteiger partial charge in [-0.1, -0.05) is 18.2 Å². The highest BCUT2D eigenvalue weighted by Crippen LogP contribution is 2.32. The molecular formula is C13H16F3NO2S. The van der Waals surface area contributed by atoms with Gasteiger partial charge in [-0.05, 0) is 25.1 Å². The molecule has 0 saturated carbocycles. The van der Waals surface area contributed by atoms with Crippen molar-refractivity contribution in [2.24, 2.45) is 0 Å². The maximum atomic E-state index is 12.9. The molecule has 0 N–H and O–H groups in total. The van der Waals surface area contributed by atoms with Crippen molar-refractivity contribution in [2.75, 3.05) is 18.6 Å². The van der Waals surface area contributed by atoms with Crippen LogP contribution in [0.1, 0.15) is 17.5 Å². The SMILES string of the molecule is CN(Cc1ccccc1C(F)(F)F)C1CCS(=O)(=O)C1. The Morgan fingerprint density at radius 3 is 2.50 bits per heavy atom. The van der Waals surface area contributed by atoms with E-state index < -0.39 is 21.6 Å². The second-order valence-corrected chi connectivity index (χ2v) is 7.36. The van der Waals surface area contributed by atoms with Gasteiger partial charge in [0, 0.05) is 12.6 Å². The number of alkyl halides is 3. The van der Waals surface area contributed by atoms with E-state index in [9.17, 15) is 21.6 Å². The number of hydrogen-bond donors (Lipinski definition) is 0. The molecule has 1 aliphatic heterocycles. The molecule has 0 spiro atoms. The van der Waals surface area contributed by atoms with E-state index in [-0.39, 0.29) is 29.7 Å². The molecule has 1 aromatic carbocycles. The minimum absolute atomic E-state index is 0.0255. The molecule has 1 atom stereocenters. The van der Waals surface area contributed by atoms with E-state index in [0.717, 1.165) is 6.07 Å². The van der Waals surface area contributed by atoms with Crippen LogP contribution in [0.2, 0.25) is 0 Å². The van der Waals surface area contributed by atoms with Crippen LogP contribution in [0.25, 0.3) is 0 Å². The lowest BCUT2D eigenvalue weighted by molar-refractivity contribution is -0.138. The first-order valence-corrected chi connectivity index (χ1v) is 8.07. The number of rotatable bonds is 3. The summed E-state index contributed by atoms with van der Waals surface area (Å²) in [5.41, 5.74) is -0.487. The van der Waals surface area contributed by atoms with E-state index in [1.54, 1.807) is 18.0 Å². The molecule has 2 rings (SSSR count). The quantitative estimate of drug-likeness (QED) is 0.860. The molecule has 1 aromatic rings. The zero-order chi connectivity index (χ0) is 15.0. The lowest BCUT2D eigenvalue weighted by Gasteiger charge is -2.24. The molecule has 1 saturated heterocycles. The molecule has 0 radical (unpaired) electrons. The highest BCUT2D eigenvalue weighted by atomic mass is 32.2. The molecule has 112 valence electrons. The molecule has 3 nitrogen and oxygen atoms in total. The molecule has 1 heterocycles. The zero-order valence-electron chi connectivity index (χ0n) is 11.0. The molecular weight excluding hydrogens is 291 g/mol. The first-order valence-electron chi connectivity index (χ1n) is 6.25. The second kappa shape index (κ2) is 5.37. The van der Waals surface area contributed by atoms with E-state index in [2.05, 4.69) is 0 Å². The van der Waals surface area contributed by atoms with E-state index in [4.69, 9.17) is 0 Å². The number of nitrogens with zero attached hydrogens (tertiary/aromatic N) is 1. The molecule has 1 fully saturated rings. The zero-order valence-corrected chi connectivity index (χ0v) is 11.8. The largest absolute Gasteiger partial charge is 0.416 e. The Morgan fingerprint density at radius 2 is 1.95 bits per heavy atom. The summed E-state index contributed by atoms with van der Waals surface area (Å²) in [6, 6.07) is 5.19. The molecule has 0 amide bonds. The smallest absolute Gasteiger partial charge is 0.298 e. The van der Waals surface area contributed by atoms with Crippen molar-refractivity contribution < 1.29 is 21.6 Å². The predicted octanol–water partition coefficient (Wildman–Crippen LogP) is 2.32. The second-order valence-electron chi connectivity index (χ2n) is 5.13. The Morgan fingerprint density at radius 1 is 1.30 bits per heavy atom. The van der Waals surface area contributed by atoms with Crippen molar-refractivity contribution in [3.63, 3.8) is 0 Å². The van der Waals surface area contributed by atoms with Gasteiger partial charge in [-0.2, -0.15) is 13.2 Å². The molecule has 1 unspecified atom stereocenters. The van der Waals surface area contributed by atoms with Crippen LogP contribution in [-0.2, 0) is 22.6 Å². The van der Waals surface area contributed by atoms with Gasteiger partial charge in [0.25, 0.3) is 0 Å². The van der Waals surface area contributed by atoms with Crippen molar-refractivity contribution in [3.05, 3.63) is 35.4 Å². The summed E-state index contributed by atoms with van der Waals surface area (Å²) in [7, 11) is -1.37. The van der Waals surface area contributed by atoms with E-state index in [1.165, 1.54) is 12.1 Å². The number of halogens is 3. The summed E-state index contributed by atoms with van der Waals surface area (Å²) in [6.07, 6.45) is -3.91. The Hall–Kier alpha value is -1.08. The number of hydrogen-bond acceptors (Lipinski definition) is 3. The molecule has 1 aliphatic rings. The Bertz CT molecular complexity index is 584. The third-order valence-corrected chi connectivity index (χ3v) is 5.32. The minimum atomic E-state index is -4.39. The average molecular weight is 307 g/mol. The van der Waals surface area contributed by atoms with Crippen molar-refractivity contribution in [1.82, 2.24) is 4.90 Å². The summed E-state index contributed by atoms with van der Waals surface area (Å²) < 4.78 is 61.5. The Kier molecular flexibility index (Phi) is 4.11. The molecule has 7 heteroatoms. The third-order valence-electron chi connectivity index (χ3n) is 3.57. The summed E-state index contributed by atoms with van der Waals surface area (Å²) >= 11 is 0. The van der Waals surface area contributed by atoms with Crippen molar-refractivity contribution in [2.45, 2.75) is 25.2 Å². The lowest BCUT2D eigenvalue weighted by Crippen LogP contribution is -2.32. The summed E-state index contributed by atoms with van der Waals surface area (Å²) in [5.74, 6) is 0.139. The van der Waals surface area contributed by atoms with Crippen LogP contribution in [0, 0.1) is 0 Å². The Labute approximate surface area is 116 Å². The fourth-order valence-electron chi connectivity index (χ4n) is 2.46. The highest BCUT2D eigenvalue weighted by molar-refractivity contribution is 7.91. The van der Waals surface area contributed by atoms with E-state index in [1.807, 2.05) is 0 Å². The highest BCUT2D eigenvalue weighted by Gasteiger charge is 2.35. The summed E-state index contributed by atoms with van der Waals surface area (Å²) in [6.45, 7) is 0.0931. The first-order chi connectivity index (χ1) is 9.19. The van der Waals surface area contributed by atoms with Crippen LogP contribution in [0.3, 0.4) is 0 Å². The van der Waals surface area contributed by atoms with E-state index in [0.29, 0.717) is 6.42 Å². The van der Waals surface area contributed by atoms with Gasteiger partial charge < -0.3 is 0 Å². The van der Waals surface area contributed by atoms with Gasteiger partial charge in [0.2, 0.25) is 0 Å². The van der Waals surface area contributed by atoms with Gasteiger partial charge in [0.05, 0.1) is 17.1 Å². The summed E-state index contributed by atoms with van der Waals surface area (Å²) in [4.78, 5) is 1.69. The normalized spacial score (nSPS) is 22.4. The first kappa shape index (κ1) is 15.3. The van der Waals surface area contributed by atoms with Gasteiger partial charge in [-0.25, -0.2) is 8.42 Å². The van der Waals surface area contributed by atoms with Crippen LogP contribution >= 0.6 is 0 Å². The topological polar surface area (TPSA) is 37.4 Å². The predicted molar refractivity (Wildman–Crippen MR) is 70.0 cm³/mol. The lowest BCUT2D eigenvalue weighted by atomic mass is 10.1. The Balaban J connectivity index is 2.15. The van der Waals surface area contributed by atoms with E-state index >= 15 is 0 Å². The molecule has 0 aromatic heterocycles. The van der Waals surface area contributed by atoms with Crippen molar-refractivity contribution in [3.8, 4) is 0 Å². The van der Waals surface area contributed by atoms with Crippen LogP contribution in [0.4, 0.5) is 13.2 Å². The van der Waals surface area contributed by atoms with Gasteiger partial charge in [-0.15, -0.1) is 0 Å². The summed E-state index contributed by atoms with van der Waals surface area (Å²) in [5, 5.41) is 0. The van der Waals surface area contributed by atoms with Crippen molar-refractivity contribution in [1.29, 1.82) is 0 Å². The van der Waals surface area contributed by atoms with Crippen molar-refractivity contribution >= 4 is 9.84 Å². The van der Waals surface area contributed by atoms with Gasteiger partial charge in [0.15, 0.2) is 9.84 Å². The standard InChI is InChI=1S/C13H16F3NO2S/c1-17(11-6-7-20(18,19)9-11)8-10-4-2-3-5-12(10)13(14,15)16/h2-5,11H,6-9H2,1H3. The monoisotopic (exact) mass is 307 g/mol. The van der Waals surface area contributed by atoms with Crippen LogP contribution in [0.5, 0.6) is 0 Å². The average Bonchev–Trinajstić information content (AvgIpc) is 2.69. The molecule has 20 heavy (non-hydrogen) atoms. The maximum Gasteiger partial charge on any atom is 0.416 e. The van der Waals surface area contributed by atoms with Crippen LogP contribution in [0.15, 0.2) is 24.3 Å². The minimum Gasteiger partial charge on any atom is -0.298 e. The van der Waals surface area contributed by atoms with Gasteiger partial charge in [-0.3, -0.25) is 4.90 Å². The maximum absolute atomic E-state index is 12.9. The number of benzene rings is 1. The van der Waals surface area contributed by atoms with Crippen LogP contribution in [-0.4, -0.2) is 37.9 Å². The molecule has 0 aliphatic carbocycles. The molecule has 0 bridgehead atoms. The fourth-order valence-corrected chi connectivity index (χ4v) is 4.26. The number of sulfone groups is 1. The fraction of sp³-hybridized carbons (Fsp3) is 0.538. The van der Waals surface area contributed by atoms with Gasteiger partial charge in [0.1, 0.15) is 0 Å².